The lowest BCUT2D eigenvalue weighted by molar-refractivity contribution is -0.139. The molecule has 1 aromatic heterocycles. The Labute approximate surface area is 83.3 Å². The molecule has 1 heterocycles. The summed E-state index contributed by atoms with van der Waals surface area (Å²) >= 11 is 5.42. The second kappa shape index (κ2) is 3.74. The fraction of sp³-hybridized carbons (Fsp3) is 0.375. The fourth-order valence-corrected chi connectivity index (χ4v) is 1.16. The van der Waals surface area contributed by atoms with Gasteiger partial charge in [-0.2, -0.15) is 13.2 Å². The highest BCUT2D eigenvalue weighted by Crippen LogP contribution is 2.34. The van der Waals surface area contributed by atoms with E-state index in [9.17, 15) is 13.2 Å². The lowest BCUT2D eigenvalue weighted by atomic mass is 10.1. The lowest BCUT2D eigenvalue weighted by Crippen LogP contribution is -2.12. The van der Waals surface area contributed by atoms with Crippen LogP contribution in [0, 0.1) is 0 Å². The summed E-state index contributed by atoms with van der Waals surface area (Å²) in [7, 11) is 0. The summed E-state index contributed by atoms with van der Waals surface area (Å²) in [6.07, 6.45) is -5.82. The van der Waals surface area contributed by atoms with Crippen molar-refractivity contribution in [2.75, 3.05) is 0 Å². The number of aliphatic hydroxyl groups is 1. The SMILES string of the molecule is C[C@H](O)c1nc(Cl)ccc1C(F)(F)F. The van der Waals surface area contributed by atoms with Crippen LogP contribution in [0.25, 0.3) is 0 Å². The second-order valence-electron chi connectivity index (χ2n) is 2.74. The van der Waals surface area contributed by atoms with Crippen LogP contribution in [-0.4, -0.2) is 10.1 Å². The Morgan fingerprint density at radius 2 is 2.00 bits per heavy atom. The van der Waals surface area contributed by atoms with Gasteiger partial charge in [-0.3, -0.25) is 0 Å². The smallest absolute Gasteiger partial charge is 0.387 e. The summed E-state index contributed by atoms with van der Waals surface area (Å²) in [4.78, 5) is 3.43. The molecule has 0 fully saturated rings. The van der Waals surface area contributed by atoms with Crippen molar-refractivity contribution in [1.82, 2.24) is 4.98 Å². The molecule has 1 aromatic rings. The molecule has 0 spiro atoms. The quantitative estimate of drug-likeness (QED) is 0.746. The first-order chi connectivity index (χ1) is 6.32. The van der Waals surface area contributed by atoms with E-state index in [1.807, 2.05) is 0 Å². The highest BCUT2D eigenvalue weighted by Gasteiger charge is 2.35. The van der Waals surface area contributed by atoms with Crippen molar-refractivity contribution in [3.05, 3.63) is 28.5 Å². The Kier molecular flexibility index (Phi) is 3.01. The third kappa shape index (κ3) is 2.36. The normalized spacial score (nSPS) is 14.1. The Morgan fingerprint density at radius 3 is 2.43 bits per heavy atom. The molecule has 0 aliphatic rings. The molecule has 0 aliphatic heterocycles. The van der Waals surface area contributed by atoms with Crippen LogP contribution in [0.4, 0.5) is 13.2 Å². The van der Waals surface area contributed by atoms with E-state index in [1.165, 1.54) is 6.92 Å². The number of pyridine rings is 1. The minimum Gasteiger partial charge on any atom is -0.387 e. The predicted octanol–water partition coefficient (Wildman–Crippen LogP) is 2.81. The van der Waals surface area contributed by atoms with Crippen LogP contribution < -0.4 is 0 Å². The zero-order valence-electron chi connectivity index (χ0n) is 7.14. The highest BCUT2D eigenvalue weighted by atomic mass is 35.5. The molecule has 2 nitrogen and oxygen atoms in total. The minimum absolute atomic E-state index is 0.0751. The molecule has 1 N–H and O–H groups in total. The van der Waals surface area contributed by atoms with Gasteiger partial charge in [-0.25, -0.2) is 4.98 Å². The van der Waals surface area contributed by atoms with Gasteiger partial charge < -0.3 is 5.11 Å². The molecule has 0 unspecified atom stereocenters. The van der Waals surface area contributed by atoms with Crippen molar-refractivity contribution >= 4 is 11.6 Å². The van der Waals surface area contributed by atoms with Crippen molar-refractivity contribution in [3.8, 4) is 0 Å². The van der Waals surface area contributed by atoms with Gasteiger partial charge in [0.25, 0.3) is 0 Å². The summed E-state index contributed by atoms with van der Waals surface area (Å²) in [5.74, 6) is 0. The van der Waals surface area contributed by atoms with Crippen molar-refractivity contribution in [1.29, 1.82) is 0 Å². The predicted molar refractivity (Wildman–Crippen MR) is 44.9 cm³/mol. The Bertz CT molecular complexity index is 338. The molecule has 6 heteroatoms. The monoisotopic (exact) mass is 225 g/mol. The van der Waals surface area contributed by atoms with Crippen molar-refractivity contribution in [2.45, 2.75) is 19.2 Å². The first kappa shape index (κ1) is 11.3. The van der Waals surface area contributed by atoms with E-state index < -0.39 is 23.5 Å². The van der Waals surface area contributed by atoms with E-state index in [1.54, 1.807) is 0 Å². The van der Waals surface area contributed by atoms with Crippen LogP contribution in [0.15, 0.2) is 12.1 Å². The number of alkyl halides is 3. The summed E-state index contributed by atoms with van der Waals surface area (Å²) in [6.45, 7) is 1.20. The summed E-state index contributed by atoms with van der Waals surface area (Å²) < 4.78 is 37.0. The van der Waals surface area contributed by atoms with Crippen LogP contribution in [0.1, 0.15) is 24.3 Å². The second-order valence-corrected chi connectivity index (χ2v) is 3.13. The molecule has 1 rings (SSSR count). The standard InChI is InChI=1S/C8H7ClF3NO/c1-4(14)7-5(8(10,11)12)2-3-6(9)13-7/h2-4,14H,1H3/t4-/m0/s1. The van der Waals surface area contributed by atoms with Gasteiger partial charge in [-0.15, -0.1) is 0 Å². The van der Waals surface area contributed by atoms with Gasteiger partial charge in [0.2, 0.25) is 0 Å². The van der Waals surface area contributed by atoms with Gasteiger partial charge in [-0.05, 0) is 19.1 Å². The number of halogens is 4. The van der Waals surface area contributed by atoms with E-state index >= 15 is 0 Å². The molecule has 0 radical (unpaired) electrons. The van der Waals surface area contributed by atoms with Gasteiger partial charge >= 0.3 is 6.18 Å². The highest BCUT2D eigenvalue weighted by molar-refractivity contribution is 6.29. The van der Waals surface area contributed by atoms with E-state index in [0.717, 1.165) is 12.1 Å². The molecule has 0 aromatic carbocycles. The first-order valence-electron chi connectivity index (χ1n) is 3.74. The van der Waals surface area contributed by atoms with E-state index in [0.29, 0.717) is 0 Å². The average molecular weight is 226 g/mol. The number of nitrogens with zero attached hydrogens (tertiary/aromatic N) is 1. The molecular weight excluding hydrogens is 219 g/mol. The minimum atomic E-state index is -4.52. The van der Waals surface area contributed by atoms with Gasteiger partial charge in [0, 0.05) is 0 Å². The maximum absolute atomic E-state index is 12.3. The van der Waals surface area contributed by atoms with E-state index in [-0.39, 0.29) is 5.15 Å². The van der Waals surface area contributed by atoms with Crippen LogP contribution >= 0.6 is 11.6 Å². The summed E-state index contributed by atoms with van der Waals surface area (Å²) in [6, 6.07) is 1.84. The molecule has 0 aliphatic carbocycles. The number of aliphatic hydroxyl groups excluding tert-OH is 1. The first-order valence-corrected chi connectivity index (χ1v) is 4.12. The maximum atomic E-state index is 12.3. The average Bonchev–Trinajstić information content (AvgIpc) is 2.01. The molecule has 0 saturated carbocycles. The zero-order valence-corrected chi connectivity index (χ0v) is 7.89. The van der Waals surface area contributed by atoms with E-state index in [4.69, 9.17) is 16.7 Å². The topological polar surface area (TPSA) is 33.1 Å². The molecular formula is C8H7ClF3NO. The van der Waals surface area contributed by atoms with Crippen LogP contribution in [0.2, 0.25) is 5.15 Å². The number of aromatic nitrogens is 1. The fourth-order valence-electron chi connectivity index (χ4n) is 1.01. The lowest BCUT2D eigenvalue weighted by Gasteiger charge is -2.13. The summed E-state index contributed by atoms with van der Waals surface area (Å²) in [5.41, 5.74) is -1.41. The molecule has 0 saturated heterocycles. The molecule has 0 bridgehead atoms. The van der Waals surface area contributed by atoms with Crippen LogP contribution in [-0.2, 0) is 6.18 Å². The molecule has 1 atom stereocenters. The molecule has 78 valence electrons. The third-order valence-corrected chi connectivity index (χ3v) is 1.80. The number of hydrogen-bond donors (Lipinski definition) is 1. The van der Waals surface area contributed by atoms with E-state index in [2.05, 4.69) is 4.98 Å². The molecule has 14 heavy (non-hydrogen) atoms. The molecule has 0 amide bonds. The zero-order chi connectivity index (χ0) is 10.9. The Morgan fingerprint density at radius 1 is 1.43 bits per heavy atom. The number of hydrogen-bond acceptors (Lipinski definition) is 2. The van der Waals surface area contributed by atoms with Gasteiger partial charge in [-0.1, -0.05) is 11.6 Å². The van der Waals surface area contributed by atoms with Crippen LogP contribution in [0.5, 0.6) is 0 Å². The Balaban J connectivity index is 3.29. The van der Waals surface area contributed by atoms with Gasteiger partial charge in [0.15, 0.2) is 0 Å². The van der Waals surface area contributed by atoms with Crippen LogP contribution in [0.3, 0.4) is 0 Å². The van der Waals surface area contributed by atoms with Gasteiger partial charge in [0.05, 0.1) is 17.4 Å². The number of rotatable bonds is 1. The van der Waals surface area contributed by atoms with Gasteiger partial charge in [0.1, 0.15) is 5.15 Å². The largest absolute Gasteiger partial charge is 0.418 e. The summed E-state index contributed by atoms with van der Waals surface area (Å²) in [5, 5.41) is 9.00. The third-order valence-electron chi connectivity index (χ3n) is 1.59. The van der Waals surface area contributed by atoms with Crippen molar-refractivity contribution in [3.63, 3.8) is 0 Å². The van der Waals surface area contributed by atoms with Crippen molar-refractivity contribution in [2.24, 2.45) is 0 Å². The maximum Gasteiger partial charge on any atom is 0.418 e. The Hall–Kier alpha value is -0.810. The van der Waals surface area contributed by atoms with Crippen molar-refractivity contribution < 1.29 is 18.3 Å².